The highest BCUT2D eigenvalue weighted by atomic mass is 35.5. The molecule has 1 aliphatic rings. The first kappa shape index (κ1) is 15.7. The molecule has 1 saturated heterocycles. The summed E-state index contributed by atoms with van der Waals surface area (Å²) < 4.78 is 1.74. The Kier molecular flexibility index (Phi) is 4.49. The Morgan fingerprint density at radius 2 is 2.19 bits per heavy atom. The molecule has 2 aromatic heterocycles. The van der Waals surface area contributed by atoms with Crippen LogP contribution in [-0.2, 0) is 0 Å². The summed E-state index contributed by atoms with van der Waals surface area (Å²) in [6.45, 7) is 7.53. The third-order valence-electron chi connectivity index (χ3n) is 3.69. The van der Waals surface area contributed by atoms with Gasteiger partial charge in [-0.05, 0) is 39.8 Å². The van der Waals surface area contributed by atoms with Crippen LogP contribution in [0.25, 0.3) is 5.65 Å². The highest BCUT2D eigenvalue weighted by molar-refractivity contribution is 6.01. The Bertz CT molecular complexity index is 676. The van der Waals surface area contributed by atoms with Crippen molar-refractivity contribution < 1.29 is 4.79 Å². The van der Waals surface area contributed by atoms with E-state index in [1.165, 1.54) is 0 Å². The van der Waals surface area contributed by atoms with Crippen LogP contribution in [0, 0.1) is 20.8 Å². The van der Waals surface area contributed by atoms with Crippen LogP contribution < -0.4 is 10.6 Å². The number of nitrogens with one attached hydrogen (secondary N) is 2. The third kappa shape index (κ3) is 2.87. The van der Waals surface area contributed by atoms with Crippen molar-refractivity contribution in [2.45, 2.75) is 33.2 Å². The first-order valence-corrected chi connectivity index (χ1v) is 6.91. The molecule has 0 radical (unpaired) electrons. The first-order valence-electron chi connectivity index (χ1n) is 6.91. The Labute approximate surface area is 129 Å². The Balaban J connectivity index is 0.00000161. The molecule has 1 amide bonds. The summed E-state index contributed by atoms with van der Waals surface area (Å²) in [6.07, 6.45) is 0.968. The van der Waals surface area contributed by atoms with Crippen LogP contribution >= 0.6 is 12.4 Å². The van der Waals surface area contributed by atoms with Gasteiger partial charge in [0.25, 0.3) is 5.91 Å². The van der Waals surface area contributed by atoms with Crippen molar-refractivity contribution in [1.82, 2.24) is 25.2 Å². The minimum atomic E-state index is -0.0799. The minimum Gasteiger partial charge on any atom is -0.348 e. The van der Waals surface area contributed by atoms with E-state index < -0.39 is 0 Å². The topological polar surface area (TPSA) is 71.3 Å². The second kappa shape index (κ2) is 5.99. The molecule has 0 aromatic carbocycles. The monoisotopic (exact) mass is 309 g/mol. The van der Waals surface area contributed by atoms with Gasteiger partial charge in [-0.15, -0.1) is 12.4 Å². The average molecular weight is 310 g/mol. The smallest absolute Gasteiger partial charge is 0.257 e. The molecule has 3 heterocycles. The highest BCUT2D eigenvalue weighted by Crippen LogP contribution is 2.16. The molecule has 2 aromatic rings. The lowest BCUT2D eigenvalue weighted by atomic mass is 10.2. The number of fused-ring (bicyclic) bond motifs is 1. The van der Waals surface area contributed by atoms with E-state index in [1.807, 2.05) is 26.8 Å². The van der Waals surface area contributed by atoms with Crippen LogP contribution in [0.15, 0.2) is 6.07 Å². The van der Waals surface area contributed by atoms with Crippen LogP contribution in [0.4, 0.5) is 0 Å². The van der Waals surface area contributed by atoms with Crippen molar-refractivity contribution in [2.75, 3.05) is 13.1 Å². The Morgan fingerprint density at radius 3 is 2.86 bits per heavy atom. The van der Waals surface area contributed by atoms with E-state index in [9.17, 15) is 4.79 Å². The molecule has 7 heteroatoms. The molecule has 1 aliphatic heterocycles. The van der Waals surface area contributed by atoms with E-state index in [-0.39, 0.29) is 24.4 Å². The summed E-state index contributed by atoms with van der Waals surface area (Å²) in [5.74, 6) is -0.0799. The van der Waals surface area contributed by atoms with Crippen molar-refractivity contribution in [2.24, 2.45) is 0 Å². The number of aromatic nitrogens is 3. The second-order valence-electron chi connectivity index (χ2n) is 5.40. The maximum absolute atomic E-state index is 12.5. The van der Waals surface area contributed by atoms with Gasteiger partial charge >= 0.3 is 0 Å². The zero-order chi connectivity index (χ0) is 14.3. The van der Waals surface area contributed by atoms with Gasteiger partial charge in [-0.2, -0.15) is 5.10 Å². The van der Waals surface area contributed by atoms with Gasteiger partial charge in [-0.25, -0.2) is 9.50 Å². The summed E-state index contributed by atoms with van der Waals surface area (Å²) >= 11 is 0. The zero-order valence-corrected chi connectivity index (χ0v) is 13.3. The maximum Gasteiger partial charge on any atom is 0.257 e. The lowest BCUT2D eigenvalue weighted by Crippen LogP contribution is -2.36. The van der Waals surface area contributed by atoms with Gasteiger partial charge in [0.05, 0.1) is 5.69 Å². The van der Waals surface area contributed by atoms with Gasteiger partial charge in [0.1, 0.15) is 5.56 Å². The summed E-state index contributed by atoms with van der Waals surface area (Å²) in [5, 5.41) is 10.7. The Morgan fingerprint density at radius 1 is 1.43 bits per heavy atom. The molecular weight excluding hydrogens is 290 g/mol. The van der Waals surface area contributed by atoms with Gasteiger partial charge < -0.3 is 10.6 Å². The number of halogens is 1. The van der Waals surface area contributed by atoms with E-state index in [4.69, 9.17) is 0 Å². The Hall–Kier alpha value is -1.66. The first-order chi connectivity index (χ1) is 9.56. The normalized spacial score (nSPS) is 17.8. The zero-order valence-electron chi connectivity index (χ0n) is 12.4. The molecule has 0 bridgehead atoms. The van der Waals surface area contributed by atoms with Gasteiger partial charge in [0, 0.05) is 24.0 Å². The number of rotatable bonds is 2. The number of amides is 1. The van der Waals surface area contributed by atoms with E-state index in [1.54, 1.807) is 4.52 Å². The van der Waals surface area contributed by atoms with Crippen molar-refractivity contribution in [3.8, 4) is 0 Å². The molecular formula is C14H20ClN5O. The fourth-order valence-electron chi connectivity index (χ4n) is 2.73. The predicted molar refractivity (Wildman–Crippen MR) is 83.2 cm³/mol. The summed E-state index contributed by atoms with van der Waals surface area (Å²) in [6, 6.07) is 2.16. The van der Waals surface area contributed by atoms with E-state index in [2.05, 4.69) is 20.7 Å². The highest BCUT2D eigenvalue weighted by Gasteiger charge is 2.23. The van der Waals surface area contributed by atoms with Crippen LogP contribution in [0.5, 0.6) is 0 Å². The lowest BCUT2D eigenvalue weighted by Gasteiger charge is -2.10. The van der Waals surface area contributed by atoms with E-state index >= 15 is 0 Å². The average Bonchev–Trinajstić information content (AvgIpc) is 2.96. The van der Waals surface area contributed by atoms with Crippen molar-refractivity contribution in [3.05, 3.63) is 28.7 Å². The number of hydrogen-bond donors (Lipinski definition) is 2. The molecule has 1 atom stereocenters. The molecule has 6 nitrogen and oxygen atoms in total. The van der Waals surface area contributed by atoms with Gasteiger partial charge in [0.2, 0.25) is 0 Å². The van der Waals surface area contributed by atoms with E-state index in [0.717, 1.165) is 36.6 Å². The number of aryl methyl sites for hydroxylation is 3. The van der Waals surface area contributed by atoms with Crippen LogP contribution in [0.1, 0.15) is 33.9 Å². The van der Waals surface area contributed by atoms with E-state index in [0.29, 0.717) is 11.2 Å². The minimum absolute atomic E-state index is 0. The number of hydrogen-bond acceptors (Lipinski definition) is 4. The van der Waals surface area contributed by atoms with Crippen molar-refractivity contribution in [1.29, 1.82) is 0 Å². The van der Waals surface area contributed by atoms with Gasteiger partial charge in [-0.1, -0.05) is 0 Å². The van der Waals surface area contributed by atoms with Crippen LogP contribution in [0.3, 0.4) is 0 Å². The molecule has 114 valence electrons. The van der Waals surface area contributed by atoms with Crippen molar-refractivity contribution in [3.63, 3.8) is 0 Å². The van der Waals surface area contributed by atoms with Gasteiger partial charge in [0.15, 0.2) is 5.65 Å². The fourth-order valence-corrected chi connectivity index (χ4v) is 2.73. The fraction of sp³-hybridized carbons (Fsp3) is 0.500. The van der Waals surface area contributed by atoms with Crippen molar-refractivity contribution >= 4 is 24.0 Å². The van der Waals surface area contributed by atoms with Crippen LogP contribution in [0.2, 0.25) is 0 Å². The number of carbonyl (C=O) groups is 1. The SMILES string of the molecule is Cc1cc(C)n2nc(C)c(C(=O)NC3CCNC3)c2n1.Cl. The molecule has 1 fully saturated rings. The largest absolute Gasteiger partial charge is 0.348 e. The summed E-state index contributed by atoms with van der Waals surface area (Å²) in [7, 11) is 0. The number of nitrogens with zero attached hydrogens (tertiary/aromatic N) is 3. The molecule has 2 N–H and O–H groups in total. The quantitative estimate of drug-likeness (QED) is 0.873. The lowest BCUT2D eigenvalue weighted by molar-refractivity contribution is 0.0941. The standard InChI is InChI=1S/C14H19N5O.ClH/c1-8-6-9(2)19-13(16-8)12(10(3)18-19)14(20)17-11-4-5-15-7-11;/h6,11,15H,4-5,7H2,1-3H3,(H,17,20);1H. The summed E-state index contributed by atoms with van der Waals surface area (Å²) in [4.78, 5) is 17.0. The molecule has 0 aliphatic carbocycles. The molecule has 0 spiro atoms. The second-order valence-corrected chi connectivity index (χ2v) is 5.40. The summed E-state index contributed by atoms with van der Waals surface area (Å²) in [5.41, 5.74) is 3.82. The molecule has 3 rings (SSSR count). The molecule has 21 heavy (non-hydrogen) atoms. The molecule has 1 unspecified atom stereocenters. The molecule has 0 saturated carbocycles. The third-order valence-corrected chi connectivity index (χ3v) is 3.69. The van der Waals surface area contributed by atoms with Gasteiger partial charge in [-0.3, -0.25) is 4.79 Å². The van der Waals surface area contributed by atoms with Crippen LogP contribution in [-0.4, -0.2) is 39.6 Å². The maximum atomic E-state index is 12.5. The predicted octanol–water partition coefficient (Wildman–Crippen LogP) is 1.17. The number of carbonyl (C=O) groups excluding carboxylic acids is 1.